The van der Waals surface area contributed by atoms with E-state index in [9.17, 15) is 19.3 Å². The Bertz CT molecular complexity index is 827. The van der Waals surface area contributed by atoms with Gasteiger partial charge in [-0.1, -0.05) is 6.92 Å². The van der Waals surface area contributed by atoms with E-state index in [1.54, 1.807) is 6.07 Å². The zero-order valence-corrected chi connectivity index (χ0v) is 13.6. The number of amides is 1. The van der Waals surface area contributed by atoms with Gasteiger partial charge in [0.05, 0.1) is 10.6 Å². The van der Waals surface area contributed by atoms with Crippen LogP contribution in [-0.4, -0.2) is 28.9 Å². The van der Waals surface area contributed by atoms with Gasteiger partial charge in [0.25, 0.3) is 11.6 Å². The van der Waals surface area contributed by atoms with E-state index in [0.29, 0.717) is 17.3 Å². The van der Waals surface area contributed by atoms with Crippen LogP contribution in [-0.2, 0) is 0 Å². The number of benzene rings is 1. The number of pyridine rings is 1. The second kappa shape index (κ2) is 6.84. The fourth-order valence-corrected chi connectivity index (χ4v) is 2.79. The molecule has 25 heavy (non-hydrogen) atoms. The van der Waals surface area contributed by atoms with Gasteiger partial charge in [-0.05, 0) is 30.5 Å². The normalized spacial score (nSPS) is 16.7. The van der Waals surface area contributed by atoms with Crippen LogP contribution in [0.3, 0.4) is 0 Å². The molecule has 1 N–H and O–H groups in total. The summed E-state index contributed by atoms with van der Waals surface area (Å²) < 4.78 is 13.8. The molecule has 8 heteroatoms. The van der Waals surface area contributed by atoms with Gasteiger partial charge in [0, 0.05) is 37.0 Å². The molecule has 130 valence electrons. The number of hydrogen-bond acceptors (Lipinski definition) is 5. The smallest absolute Gasteiger partial charge is 0.271 e. The number of rotatable bonds is 4. The second-order valence-corrected chi connectivity index (χ2v) is 6.12. The number of anilines is 2. The van der Waals surface area contributed by atoms with Crippen molar-refractivity contribution >= 4 is 23.1 Å². The topological polar surface area (TPSA) is 88.4 Å². The van der Waals surface area contributed by atoms with E-state index in [1.165, 1.54) is 12.3 Å². The maximum absolute atomic E-state index is 13.8. The molecule has 7 nitrogen and oxygen atoms in total. The van der Waals surface area contributed by atoms with Crippen molar-refractivity contribution in [3.8, 4) is 0 Å². The van der Waals surface area contributed by atoms with Gasteiger partial charge in [0.15, 0.2) is 0 Å². The van der Waals surface area contributed by atoms with E-state index in [0.717, 1.165) is 37.7 Å². The first-order valence-corrected chi connectivity index (χ1v) is 7.90. The van der Waals surface area contributed by atoms with Crippen molar-refractivity contribution < 1.29 is 14.1 Å². The maximum Gasteiger partial charge on any atom is 0.271 e. The van der Waals surface area contributed by atoms with E-state index in [-0.39, 0.29) is 11.4 Å². The third-order valence-corrected chi connectivity index (χ3v) is 4.16. The minimum atomic E-state index is -0.735. The highest BCUT2D eigenvalue weighted by Gasteiger charge is 2.21. The minimum absolute atomic E-state index is 0.229. The monoisotopic (exact) mass is 344 g/mol. The van der Waals surface area contributed by atoms with Gasteiger partial charge in [-0.15, -0.1) is 0 Å². The van der Waals surface area contributed by atoms with Gasteiger partial charge in [0.1, 0.15) is 11.6 Å². The number of nitrogens with zero attached hydrogens (tertiary/aromatic N) is 3. The number of nitrogens with one attached hydrogen (secondary N) is 1. The van der Waals surface area contributed by atoms with Crippen molar-refractivity contribution in [3.05, 3.63) is 58.0 Å². The van der Waals surface area contributed by atoms with Crippen LogP contribution in [0.5, 0.6) is 0 Å². The lowest BCUT2D eigenvalue weighted by Gasteiger charge is -2.17. The molecular formula is C17H17FN4O3. The first-order chi connectivity index (χ1) is 11.9. The highest BCUT2D eigenvalue weighted by atomic mass is 19.1. The molecule has 1 amide bonds. The zero-order chi connectivity index (χ0) is 18.0. The molecule has 0 aliphatic carbocycles. The van der Waals surface area contributed by atoms with Crippen molar-refractivity contribution in [1.82, 2.24) is 4.98 Å². The molecule has 1 aromatic carbocycles. The maximum atomic E-state index is 13.8. The van der Waals surface area contributed by atoms with Gasteiger partial charge >= 0.3 is 0 Å². The molecule has 1 saturated heterocycles. The van der Waals surface area contributed by atoms with Gasteiger partial charge in [-0.3, -0.25) is 14.9 Å². The number of halogens is 1. The summed E-state index contributed by atoms with van der Waals surface area (Å²) in [6, 6.07) is 6.16. The third-order valence-electron chi connectivity index (χ3n) is 4.16. The summed E-state index contributed by atoms with van der Waals surface area (Å²) in [4.78, 5) is 28.9. The molecule has 1 aliphatic rings. The van der Waals surface area contributed by atoms with E-state index in [1.807, 2.05) is 0 Å². The van der Waals surface area contributed by atoms with Crippen LogP contribution < -0.4 is 10.2 Å². The Morgan fingerprint density at radius 2 is 2.20 bits per heavy atom. The quantitative estimate of drug-likeness (QED) is 0.679. The van der Waals surface area contributed by atoms with E-state index in [2.05, 4.69) is 22.1 Å². The fourth-order valence-electron chi connectivity index (χ4n) is 2.79. The highest BCUT2D eigenvalue weighted by Crippen LogP contribution is 2.24. The number of aromatic nitrogens is 1. The van der Waals surface area contributed by atoms with E-state index in [4.69, 9.17) is 0 Å². The lowest BCUT2D eigenvalue weighted by molar-refractivity contribution is -0.384. The van der Waals surface area contributed by atoms with Gasteiger partial charge in [0.2, 0.25) is 0 Å². The van der Waals surface area contributed by atoms with Gasteiger partial charge in [-0.2, -0.15) is 0 Å². The van der Waals surface area contributed by atoms with Gasteiger partial charge < -0.3 is 10.2 Å². The number of nitro groups is 1. The third kappa shape index (κ3) is 3.73. The van der Waals surface area contributed by atoms with Crippen molar-refractivity contribution in [2.75, 3.05) is 23.3 Å². The number of non-ortho nitro benzene ring substituents is 1. The Morgan fingerprint density at radius 1 is 1.40 bits per heavy atom. The summed E-state index contributed by atoms with van der Waals surface area (Å²) in [6.45, 7) is 3.90. The van der Waals surface area contributed by atoms with Gasteiger partial charge in [-0.25, -0.2) is 9.37 Å². The number of hydrogen-bond donors (Lipinski definition) is 1. The predicted octanol–water partition coefficient (Wildman–Crippen LogP) is 3.23. The Hall–Kier alpha value is -3.03. The highest BCUT2D eigenvalue weighted by molar-refractivity contribution is 6.04. The Kier molecular flexibility index (Phi) is 4.60. The molecule has 0 spiro atoms. The van der Waals surface area contributed by atoms with Crippen LogP contribution >= 0.6 is 0 Å². The number of carbonyl (C=O) groups is 1. The van der Waals surface area contributed by atoms with Crippen LogP contribution in [0.15, 0.2) is 36.5 Å². The van der Waals surface area contributed by atoms with Crippen LogP contribution in [0.4, 0.5) is 21.6 Å². The van der Waals surface area contributed by atoms with E-state index < -0.39 is 16.6 Å². The molecule has 0 saturated carbocycles. The summed E-state index contributed by atoms with van der Waals surface area (Å²) in [5, 5.41) is 13.2. The Balaban J connectivity index is 1.80. The summed E-state index contributed by atoms with van der Waals surface area (Å²) in [5.74, 6) is -0.0216. The summed E-state index contributed by atoms with van der Waals surface area (Å²) >= 11 is 0. The molecule has 2 aromatic rings. The summed E-state index contributed by atoms with van der Waals surface area (Å²) in [6.07, 6.45) is 2.59. The lowest BCUT2D eigenvalue weighted by atomic mass is 10.2. The first kappa shape index (κ1) is 16.8. The molecule has 0 radical (unpaired) electrons. The standard InChI is InChI=1S/C17H17FN4O3/c1-11-5-7-21(10-11)16-8-12(4-6-19-16)17(23)20-15-9-13(22(24)25)2-3-14(15)18/h2-4,6,8-9,11H,5,7,10H2,1H3,(H,20,23)/t11-/m1/s1. The van der Waals surface area contributed by atoms with E-state index >= 15 is 0 Å². The van der Waals surface area contributed by atoms with Crippen LogP contribution in [0, 0.1) is 21.8 Å². The van der Waals surface area contributed by atoms with Crippen LogP contribution in [0.25, 0.3) is 0 Å². The summed E-state index contributed by atoms with van der Waals surface area (Å²) in [7, 11) is 0. The molecule has 0 bridgehead atoms. The second-order valence-electron chi connectivity index (χ2n) is 6.12. The van der Waals surface area contributed by atoms with Crippen LogP contribution in [0.1, 0.15) is 23.7 Å². The first-order valence-electron chi connectivity index (χ1n) is 7.90. The minimum Gasteiger partial charge on any atom is -0.356 e. The SMILES string of the molecule is C[C@@H]1CCN(c2cc(C(=O)Nc3cc([N+](=O)[O-])ccc3F)ccn2)C1. The number of nitro benzene ring substituents is 1. The molecule has 1 aliphatic heterocycles. The molecule has 1 aromatic heterocycles. The predicted molar refractivity (Wildman–Crippen MR) is 91.2 cm³/mol. The van der Waals surface area contributed by atoms with Crippen molar-refractivity contribution in [2.45, 2.75) is 13.3 Å². The van der Waals surface area contributed by atoms with Crippen molar-refractivity contribution in [1.29, 1.82) is 0 Å². The largest absolute Gasteiger partial charge is 0.356 e. The van der Waals surface area contributed by atoms with Crippen LogP contribution in [0.2, 0.25) is 0 Å². The molecule has 1 atom stereocenters. The van der Waals surface area contributed by atoms with Crippen molar-refractivity contribution in [2.24, 2.45) is 5.92 Å². The zero-order valence-electron chi connectivity index (χ0n) is 13.6. The molecule has 1 fully saturated rings. The average Bonchev–Trinajstić information content (AvgIpc) is 3.03. The summed E-state index contributed by atoms with van der Waals surface area (Å²) in [5.41, 5.74) is -0.207. The molecular weight excluding hydrogens is 327 g/mol. The molecule has 0 unspecified atom stereocenters. The number of carbonyl (C=O) groups excluding carboxylic acids is 1. The van der Waals surface area contributed by atoms with Crippen molar-refractivity contribution in [3.63, 3.8) is 0 Å². The fraction of sp³-hybridized carbons (Fsp3) is 0.294. The Morgan fingerprint density at radius 3 is 2.88 bits per heavy atom. The lowest BCUT2D eigenvalue weighted by Crippen LogP contribution is -2.21. The Labute approximate surface area is 143 Å². The molecule has 3 rings (SSSR count). The average molecular weight is 344 g/mol. The molecule has 2 heterocycles.